The smallest absolute Gasteiger partial charge is 0.0455 e. The normalized spacial score (nSPS) is 16.6. The Labute approximate surface area is 122 Å². The molecule has 2 aromatic rings. The summed E-state index contributed by atoms with van der Waals surface area (Å²) >= 11 is 0. The lowest BCUT2D eigenvalue weighted by Gasteiger charge is -2.14. The van der Waals surface area contributed by atoms with Crippen LogP contribution in [0.4, 0.5) is 0 Å². The van der Waals surface area contributed by atoms with Crippen molar-refractivity contribution >= 4 is 0 Å². The molecule has 1 heteroatoms. The fourth-order valence-corrected chi connectivity index (χ4v) is 3.26. The number of hydrogen-bond acceptors (Lipinski definition) is 0. The summed E-state index contributed by atoms with van der Waals surface area (Å²) in [5.41, 5.74) is 5.66. The van der Waals surface area contributed by atoms with Gasteiger partial charge in [0.1, 0.15) is 0 Å². The van der Waals surface area contributed by atoms with Crippen molar-refractivity contribution in [2.24, 2.45) is 0 Å². The van der Waals surface area contributed by atoms with E-state index in [1.165, 1.54) is 74.0 Å². The van der Waals surface area contributed by atoms with Gasteiger partial charge in [0.15, 0.2) is 0 Å². The molecule has 0 amide bonds. The Hall–Kier alpha value is -1.50. The molecular formula is C19H25N. The van der Waals surface area contributed by atoms with Crippen LogP contribution >= 0.6 is 0 Å². The van der Waals surface area contributed by atoms with Crippen molar-refractivity contribution in [3.05, 3.63) is 53.3 Å². The first-order valence-corrected chi connectivity index (χ1v) is 8.11. The van der Waals surface area contributed by atoms with Gasteiger partial charge in [-0.05, 0) is 56.9 Å². The molecule has 0 aliphatic carbocycles. The lowest BCUT2D eigenvalue weighted by atomic mass is 10.1. The Kier molecular flexibility index (Phi) is 4.25. The Morgan fingerprint density at radius 3 is 1.70 bits per heavy atom. The van der Waals surface area contributed by atoms with Crippen LogP contribution in [-0.4, -0.2) is 4.57 Å². The van der Waals surface area contributed by atoms with Gasteiger partial charge in [-0.2, -0.15) is 0 Å². The molecule has 0 saturated heterocycles. The van der Waals surface area contributed by atoms with Crippen LogP contribution in [0.5, 0.6) is 0 Å². The molecule has 106 valence electrons. The molecule has 1 aliphatic rings. The first-order valence-electron chi connectivity index (χ1n) is 8.11. The Bertz CT molecular complexity index is 520. The van der Waals surface area contributed by atoms with Gasteiger partial charge in [-0.3, -0.25) is 0 Å². The molecule has 1 aliphatic heterocycles. The summed E-state index contributed by atoms with van der Waals surface area (Å²) in [4.78, 5) is 0. The second-order valence-electron chi connectivity index (χ2n) is 6.11. The maximum atomic E-state index is 2.50. The quantitative estimate of drug-likeness (QED) is 0.667. The predicted octanol–water partition coefficient (Wildman–Crippen LogP) is 5.22. The van der Waals surface area contributed by atoms with Crippen LogP contribution < -0.4 is 0 Å². The number of benzene rings is 1. The molecule has 2 bridgehead atoms. The molecule has 0 N–H and O–H groups in total. The molecule has 1 aromatic heterocycles. The fraction of sp³-hybridized carbons (Fsp3) is 0.474. The highest BCUT2D eigenvalue weighted by molar-refractivity contribution is 5.40. The van der Waals surface area contributed by atoms with E-state index in [0.29, 0.717) is 0 Å². The third-order valence-corrected chi connectivity index (χ3v) is 4.45. The minimum absolute atomic E-state index is 1.22. The Balaban J connectivity index is 1.96. The van der Waals surface area contributed by atoms with E-state index in [0.717, 1.165) is 0 Å². The van der Waals surface area contributed by atoms with Crippen LogP contribution in [0.15, 0.2) is 36.4 Å². The van der Waals surface area contributed by atoms with Gasteiger partial charge in [0.05, 0.1) is 0 Å². The SMILES string of the molecule is Cc1ccc(-n2c3ccc2CCCCCCCC3)cc1. The molecule has 0 saturated carbocycles. The molecule has 0 atom stereocenters. The number of aromatic nitrogens is 1. The molecule has 20 heavy (non-hydrogen) atoms. The van der Waals surface area contributed by atoms with E-state index < -0.39 is 0 Å². The molecule has 0 fully saturated rings. The fourth-order valence-electron chi connectivity index (χ4n) is 3.26. The van der Waals surface area contributed by atoms with Crippen molar-refractivity contribution in [2.45, 2.75) is 58.3 Å². The van der Waals surface area contributed by atoms with Crippen LogP contribution in [0.25, 0.3) is 5.69 Å². The summed E-state index contributed by atoms with van der Waals surface area (Å²) in [5.74, 6) is 0. The van der Waals surface area contributed by atoms with Crippen molar-refractivity contribution in [1.82, 2.24) is 4.57 Å². The highest BCUT2D eigenvalue weighted by atomic mass is 15.0. The largest absolute Gasteiger partial charge is 0.318 e. The zero-order valence-electron chi connectivity index (χ0n) is 12.6. The van der Waals surface area contributed by atoms with E-state index in [-0.39, 0.29) is 0 Å². The maximum absolute atomic E-state index is 2.50. The van der Waals surface area contributed by atoms with Gasteiger partial charge in [-0.25, -0.2) is 0 Å². The summed E-state index contributed by atoms with van der Waals surface area (Å²) in [6.45, 7) is 2.16. The molecule has 1 aromatic carbocycles. The van der Waals surface area contributed by atoms with Crippen molar-refractivity contribution in [1.29, 1.82) is 0 Å². The third-order valence-electron chi connectivity index (χ3n) is 4.45. The van der Waals surface area contributed by atoms with Gasteiger partial charge in [0.2, 0.25) is 0 Å². The first-order chi connectivity index (χ1) is 9.84. The number of nitrogens with zero attached hydrogens (tertiary/aromatic N) is 1. The van der Waals surface area contributed by atoms with Gasteiger partial charge in [-0.1, -0.05) is 43.4 Å². The van der Waals surface area contributed by atoms with Crippen LogP contribution in [0.1, 0.15) is 55.5 Å². The molecule has 1 nitrogen and oxygen atoms in total. The summed E-state index contributed by atoms with van der Waals surface area (Å²) in [6.07, 6.45) is 10.7. The second kappa shape index (κ2) is 6.30. The summed E-state index contributed by atoms with van der Waals surface area (Å²) in [6, 6.07) is 13.7. The molecule has 0 unspecified atom stereocenters. The van der Waals surface area contributed by atoms with E-state index in [2.05, 4.69) is 47.9 Å². The van der Waals surface area contributed by atoms with Gasteiger partial charge in [-0.15, -0.1) is 0 Å². The summed E-state index contributed by atoms with van der Waals surface area (Å²) in [5, 5.41) is 0. The molecule has 2 heterocycles. The molecular weight excluding hydrogens is 242 g/mol. The lowest BCUT2D eigenvalue weighted by molar-refractivity contribution is 0.597. The van der Waals surface area contributed by atoms with Crippen molar-refractivity contribution in [3.63, 3.8) is 0 Å². The zero-order chi connectivity index (χ0) is 13.8. The van der Waals surface area contributed by atoms with Gasteiger partial charge in [0, 0.05) is 17.1 Å². The molecule has 0 radical (unpaired) electrons. The van der Waals surface area contributed by atoms with Gasteiger partial charge < -0.3 is 4.57 Å². The number of aryl methyl sites for hydroxylation is 3. The van der Waals surface area contributed by atoms with E-state index in [4.69, 9.17) is 0 Å². The standard InChI is InChI=1S/C19H25N/c1-16-10-12-19(13-11-16)20-17-8-6-4-2-3-5-7-9-18(20)15-14-17/h10-15H,2-9H2,1H3. The Morgan fingerprint density at radius 2 is 1.15 bits per heavy atom. The number of fused-ring (bicyclic) bond motifs is 2. The lowest BCUT2D eigenvalue weighted by Crippen LogP contribution is -2.04. The number of hydrogen-bond donors (Lipinski definition) is 0. The summed E-state index contributed by atoms with van der Waals surface area (Å²) in [7, 11) is 0. The monoisotopic (exact) mass is 267 g/mol. The van der Waals surface area contributed by atoms with Crippen molar-refractivity contribution in [2.75, 3.05) is 0 Å². The zero-order valence-corrected chi connectivity index (χ0v) is 12.6. The third kappa shape index (κ3) is 2.98. The van der Waals surface area contributed by atoms with Crippen LogP contribution in [0.2, 0.25) is 0 Å². The van der Waals surface area contributed by atoms with E-state index in [1.807, 2.05) is 0 Å². The maximum Gasteiger partial charge on any atom is 0.0455 e. The van der Waals surface area contributed by atoms with Crippen molar-refractivity contribution in [3.8, 4) is 5.69 Å². The number of rotatable bonds is 1. The highest BCUT2D eigenvalue weighted by Crippen LogP contribution is 2.23. The van der Waals surface area contributed by atoms with Crippen LogP contribution in [0, 0.1) is 6.92 Å². The minimum Gasteiger partial charge on any atom is -0.318 e. The second-order valence-corrected chi connectivity index (χ2v) is 6.11. The van der Waals surface area contributed by atoms with Gasteiger partial charge in [0.25, 0.3) is 0 Å². The average molecular weight is 267 g/mol. The van der Waals surface area contributed by atoms with Crippen molar-refractivity contribution < 1.29 is 0 Å². The van der Waals surface area contributed by atoms with E-state index >= 15 is 0 Å². The molecule has 0 spiro atoms. The highest BCUT2D eigenvalue weighted by Gasteiger charge is 2.11. The average Bonchev–Trinajstić information content (AvgIpc) is 2.82. The minimum atomic E-state index is 1.22. The predicted molar refractivity (Wildman–Crippen MR) is 85.6 cm³/mol. The van der Waals surface area contributed by atoms with E-state index in [9.17, 15) is 0 Å². The first kappa shape index (κ1) is 13.5. The van der Waals surface area contributed by atoms with Crippen LogP contribution in [-0.2, 0) is 12.8 Å². The Morgan fingerprint density at radius 1 is 0.650 bits per heavy atom. The van der Waals surface area contributed by atoms with Crippen LogP contribution in [0.3, 0.4) is 0 Å². The van der Waals surface area contributed by atoms with Gasteiger partial charge >= 0.3 is 0 Å². The van der Waals surface area contributed by atoms with E-state index in [1.54, 1.807) is 0 Å². The molecule has 3 rings (SSSR count). The topological polar surface area (TPSA) is 4.93 Å². The summed E-state index contributed by atoms with van der Waals surface area (Å²) < 4.78 is 2.50.